The van der Waals surface area contributed by atoms with Gasteiger partial charge in [0.25, 0.3) is 0 Å². The summed E-state index contributed by atoms with van der Waals surface area (Å²) in [5.74, 6) is -0.781. The summed E-state index contributed by atoms with van der Waals surface area (Å²) in [6.07, 6.45) is 4.12. The number of aliphatic hydroxyl groups is 1. The Morgan fingerprint density at radius 3 is 2.47 bits per heavy atom. The van der Waals surface area contributed by atoms with Gasteiger partial charge in [0, 0.05) is 35.2 Å². The predicted octanol–water partition coefficient (Wildman–Crippen LogP) is 6.91. The molecule has 246 valence electrons. The quantitative estimate of drug-likeness (QED) is 0.189. The number of rotatable bonds is 7. The summed E-state index contributed by atoms with van der Waals surface area (Å²) in [6, 6.07) is 9.84. The summed E-state index contributed by atoms with van der Waals surface area (Å²) in [7, 11) is 1.91. The Bertz CT molecular complexity index is 1970. The summed E-state index contributed by atoms with van der Waals surface area (Å²) in [5.41, 5.74) is 6.16. The highest BCUT2D eigenvalue weighted by molar-refractivity contribution is 7.22. The van der Waals surface area contributed by atoms with Gasteiger partial charge in [-0.2, -0.15) is 5.10 Å². The number of aryl methyl sites for hydroxylation is 2. The van der Waals surface area contributed by atoms with Crippen molar-refractivity contribution in [3.8, 4) is 21.8 Å². The van der Waals surface area contributed by atoms with E-state index in [-0.39, 0.29) is 12.0 Å². The van der Waals surface area contributed by atoms with Crippen LogP contribution in [-0.4, -0.2) is 76.7 Å². The van der Waals surface area contributed by atoms with E-state index in [0.29, 0.717) is 27.3 Å². The van der Waals surface area contributed by atoms with E-state index in [1.807, 2.05) is 57.6 Å². The van der Waals surface area contributed by atoms with Gasteiger partial charge in [0.2, 0.25) is 0 Å². The lowest BCUT2D eigenvalue weighted by atomic mass is 9.85. The van der Waals surface area contributed by atoms with Crippen LogP contribution in [0.3, 0.4) is 0 Å². The van der Waals surface area contributed by atoms with Crippen LogP contribution >= 0.6 is 22.9 Å². The van der Waals surface area contributed by atoms with Crippen LogP contribution in [0.1, 0.15) is 75.3 Å². The SMILES string of the molecule is Cc1cc2nc(-c3cnc4c(n3)c(C3CCN(C5CC(O)C5)CC3)nn4C)sc2c(-c2ccc(Cl)cc2)c1[C@H](OC(C)(C)C)C(=O)O. The normalized spacial score (nSPS) is 20.1. The smallest absolute Gasteiger partial charge is 0.337 e. The van der Waals surface area contributed by atoms with E-state index in [4.69, 9.17) is 36.4 Å². The zero-order chi connectivity index (χ0) is 33.2. The van der Waals surface area contributed by atoms with Gasteiger partial charge in [0.05, 0.1) is 33.8 Å². The summed E-state index contributed by atoms with van der Waals surface area (Å²) in [4.78, 5) is 30.1. The second-order valence-corrected chi connectivity index (χ2v) is 15.3. The average Bonchev–Trinajstić information content (AvgIpc) is 3.58. The van der Waals surface area contributed by atoms with Crippen LogP contribution in [0, 0.1) is 6.92 Å². The third kappa shape index (κ3) is 6.15. The number of hydrogen-bond donors (Lipinski definition) is 2. The Hall–Kier alpha value is -3.48. The number of carboxylic acids is 1. The van der Waals surface area contributed by atoms with Crippen LogP contribution in [0.2, 0.25) is 5.02 Å². The van der Waals surface area contributed by atoms with Crippen LogP contribution < -0.4 is 0 Å². The molecule has 1 saturated heterocycles. The van der Waals surface area contributed by atoms with E-state index >= 15 is 0 Å². The number of nitrogens with zero attached hydrogens (tertiary/aromatic N) is 6. The maximum atomic E-state index is 12.7. The van der Waals surface area contributed by atoms with Gasteiger partial charge in [-0.15, -0.1) is 11.3 Å². The van der Waals surface area contributed by atoms with Gasteiger partial charge < -0.3 is 19.8 Å². The molecule has 3 aromatic heterocycles. The van der Waals surface area contributed by atoms with Gasteiger partial charge in [-0.05, 0) is 95.8 Å². The molecule has 0 spiro atoms. The van der Waals surface area contributed by atoms with Crippen molar-refractivity contribution in [1.82, 2.24) is 29.6 Å². The molecule has 1 atom stereocenters. The van der Waals surface area contributed by atoms with Gasteiger partial charge in [-0.1, -0.05) is 23.7 Å². The minimum absolute atomic E-state index is 0.151. The van der Waals surface area contributed by atoms with Crippen molar-refractivity contribution < 1.29 is 19.7 Å². The van der Waals surface area contributed by atoms with Crippen molar-refractivity contribution >= 4 is 50.3 Å². The molecule has 12 heteroatoms. The van der Waals surface area contributed by atoms with Gasteiger partial charge >= 0.3 is 5.97 Å². The summed E-state index contributed by atoms with van der Waals surface area (Å²) in [5, 5.41) is 26.3. The Morgan fingerprint density at radius 1 is 1.13 bits per heavy atom. The van der Waals surface area contributed by atoms with Gasteiger partial charge in [-0.25, -0.2) is 24.4 Å². The minimum Gasteiger partial charge on any atom is -0.479 e. The summed E-state index contributed by atoms with van der Waals surface area (Å²) in [6.45, 7) is 9.44. The van der Waals surface area contributed by atoms with Crippen LogP contribution in [0.25, 0.3) is 43.2 Å². The van der Waals surface area contributed by atoms with Crippen LogP contribution in [-0.2, 0) is 16.6 Å². The van der Waals surface area contributed by atoms with Crippen LogP contribution in [0.4, 0.5) is 0 Å². The molecule has 7 rings (SSSR count). The van der Waals surface area contributed by atoms with E-state index < -0.39 is 17.7 Å². The number of benzene rings is 2. The first-order chi connectivity index (χ1) is 22.4. The molecule has 4 heterocycles. The molecule has 0 amide bonds. The van der Waals surface area contributed by atoms with E-state index in [1.54, 1.807) is 18.3 Å². The number of likely N-dealkylation sites (tertiary alicyclic amines) is 1. The molecule has 0 bridgehead atoms. The molecule has 1 aliphatic heterocycles. The van der Waals surface area contributed by atoms with Crippen LogP contribution in [0.15, 0.2) is 36.5 Å². The molecule has 1 aliphatic carbocycles. The highest BCUT2D eigenvalue weighted by atomic mass is 35.5. The zero-order valence-corrected chi connectivity index (χ0v) is 28.8. The third-order valence-corrected chi connectivity index (χ3v) is 10.7. The lowest BCUT2D eigenvalue weighted by Crippen LogP contribution is -2.49. The zero-order valence-electron chi connectivity index (χ0n) is 27.2. The fourth-order valence-corrected chi connectivity index (χ4v) is 8.17. The van der Waals surface area contributed by atoms with E-state index in [0.717, 1.165) is 82.5 Å². The Labute approximate surface area is 282 Å². The topological polar surface area (TPSA) is 126 Å². The number of ether oxygens (including phenoxy) is 1. The predicted molar refractivity (Wildman–Crippen MR) is 184 cm³/mol. The third-order valence-electron chi connectivity index (χ3n) is 9.32. The number of aliphatic carboxylic acids is 1. The molecule has 2 N–H and O–H groups in total. The van der Waals surface area contributed by atoms with Crippen molar-refractivity contribution in [1.29, 1.82) is 0 Å². The van der Waals surface area contributed by atoms with Crippen molar-refractivity contribution in [3.05, 3.63) is 58.4 Å². The number of fused-ring (bicyclic) bond motifs is 2. The van der Waals surface area contributed by atoms with Gasteiger partial charge in [0.15, 0.2) is 11.8 Å². The molecular weight excluding hydrogens is 636 g/mol. The standard InChI is InChI=1S/C35H39ClN6O4S/c1-18-14-24-31(27(19-6-8-21(36)9-7-19)26(18)30(34(44)45)46-35(2,3)4)47-33(39-24)25-17-37-32-29(38-25)28(40-41(32)5)20-10-12-42(13-11-20)22-15-23(43)16-22/h6-9,14,17,20,22-23,30,43H,10-13,15-16H2,1-5H3,(H,44,45)/t22?,23?,30-/m0/s1. The maximum absolute atomic E-state index is 12.7. The lowest BCUT2D eigenvalue weighted by molar-refractivity contribution is -0.160. The number of piperidine rings is 1. The van der Waals surface area contributed by atoms with E-state index in [1.165, 1.54) is 11.3 Å². The fourth-order valence-electron chi connectivity index (χ4n) is 6.97. The monoisotopic (exact) mass is 674 g/mol. The first kappa shape index (κ1) is 32.1. The van der Waals surface area contributed by atoms with E-state index in [2.05, 4.69) is 4.90 Å². The number of carbonyl (C=O) groups is 1. The van der Waals surface area contributed by atoms with E-state index in [9.17, 15) is 15.0 Å². The summed E-state index contributed by atoms with van der Waals surface area (Å²) < 4.78 is 8.81. The highest BCUT2D eigenvalue weighted by Gasteiger charge is 2.36. The van der Waals surface area contributed by atoms with Crippen molar-refractivity contribution in [2.75, 3.05) is 13.1 Å². The Kier molecular flexibility index (Phi) is 8.33. The second kappa shape index (κ2) is 12.2. The van der Waals surface area contributed by atoms with Crippen LogP contribution in [0.5, 0.6) is 0 Å². The molecule has 0 unspecified atom stereocenters. The minimum atomic E-state index is -1.19. The Morgan fingerprint density at radius 2 is 1.83 bits per heavy atom. The molecule has 5 aromatic rings. The van der Waals surface area contributed by atoms with Gasteiger partial charge in [0.1, 0.15) is 16.2 Å². The number of aromatic nitrogens is 5. The molecule has 2 aromatic carbocycles. The molecule has 10 nitrogen and oxygen atoms in total. The number of hydrogen-bond acceptors (Lipinski definition) is 9. The molecule has 2 fully saturated rings. The molecular formula is C35H39ClN6O4S. The van der Waals surface area contributed by atoms with Crippen molar-refractivity contribution in [2.24, 2.45) is 7.05 Å². The fraction of sp³-hybridized carbons (Fsp3) is 0.457. The molecule has 1 saturated carbocycles. The average molecular weight is 675 g/mol. The highest BCUT2D eigenvalue weighted by Crippen LogP contribution is 2.44. The van der Waals surface area contributed by atoms with Crippen molar-refractivity contribution in [2.45, 2.75) is 83.1 Å². The number of aliphatic hydroxyl groups excluding tert-OH is 1. The molecule has 2 aliphatic rings. The number of thiazole rings is 1. The molecule has 47 heavy (non-hydrogen) atoms. The molecule has 0 radical (unpaired) electrons. The first-order valence-corrected chi connectivity index (χ1v) is 17.3. The first-order valence-electron chi connectivity index (χ1n) is 16.1. The maximum Gasteiger partial charge on any atom is 0.337 e. The number of carboxylic acid groups (broad SMARTS) is 1. The van der Waals surface area contributed by atoms with Crippen molar-refractivity contribution in [3.63, 3.8) is 0 Å². The Balaban J connectivity index is 1.31. The van der Waals surface area contributed by atoms with Gasteiger partial charge in [-0.3, -0.25) is 0 Å². The second-order valence-electron chi connectivity index (χ2n) is 13.8. The lowest BCUT2D eigenvalue weighted by Gasteiger charge is -2.43. The largest absolute Gasteiger partial charge is 0.479 e. The number of halogens is 1. The summed E-state index contributed by atoms with van der Waals surface area (Å²) >= 11 is 7.73.